The minimum atomic E-state index is 0.111. The second kappa shape index (κ2) is 2.33. The zero-order chi connectivity index (χ0) is 5.11. The maximum atomic E-state index is 4.86. The highest BCUT2D eigenvalue weighted by Gasteiger charge is 2.08. The first-order valence-electron chi connectivity index (χ1n) is 1.90. The molecule has 0 saturated carbocycles. The number of thioether (sulfide) groups is 1. The molecule has 0 aliphatic carbocycles. The molecule has 0 fully saturated rings. The molecule has 38 valence electrons. The highest BCUT2D eigenvalue weighted by Crippen LogP contribution is 2.19. The predicted octanol–water partition coefficient (Wildman–Crippen LogP) is 0.773. The number of hydrogen-bond acceptors (Lipinski definition) is 3. The molecule has 1 unspecified atom stereocenters. The molecule has 0 spiro atoms. The van der Waals surface area contributed by atoms with Gasteiger partial charge in [0.2, 0.25) is 0 Å². The molecule has 0 aromatic heterocycles. The van der Waals surface area contributed by atoms with Crippen molar-refractivity contribution in [2.45, 2.75) is 5.44 Å². The van der Waals surface area contributed by atoms with Crippen LogP contribution in [0.25, 0.3) is 0 Å². The summed E-state index contributed by atoms with van der Waals surface area (Å²) in [7, 11) is 1.65. The molecule has 1 heterocycles. The van der Waals surface area contributed by atoms with E-state index in [0.29, 0.717) is 0 Å². The Morgan fingerprint density at radius 3 is 3.14 bits per heavy atom. The standard InChI is InChI=1S/C4H5NOS/c1-6-4-2-5-3-7-4/h2,4H,1H3. The number of rotatable bonds is 1. The van der Waals surface area contributed by atoms with Crippen LogP contribution in [0.5, 0.6) is 0 Å². The third-order valence-electron chi connectivity index (χ3n) is 0.650. The summed E-state index contributed by atoms with van der Waals surface area (Å²) in [6.07, 6.45) is 1.71. The van der Waals surface area contributed by atoms with Crippen molar-refractivity contribution < 1.29 is 4.74 Å². The van der Waals surface area contributed by atoms with Crippen molar-refractivity contribution in [3.05, 3.63) is 5.88 Å². The molecule has 0 aromatic carbocycles. The largest absolute Gasteiger partial charge is 0.365 e. The Kier molecular flexibility index (Phi) is 1.70. The SMILES string of the molecule is COC1C=N[C]S1. The molecule has 0 aromatic rings. The van der Waals surface area contributed by atoms with Gasteiger partial charge in [0, 0.05) is 13.3 Å². The maximum absolute atomic E-state index is 4.86. The Bertz CT molecular complexity index is 83.8. The van der Waals surface area contributed by atoms with Gasteiger partial charge < -0.3 is 4.74 Å². The first kappa shape index (κ1) is 5.12. The molecule has 1 aliphatic heterocycles. The highest BCUT2D eigenvalue weighted by atomic mass is 32.2. The molecule has 0 saturated heterocycles. The first-order valence-corrected chi connectivity index (χ1v) is 2.78. The molecule has 7 heavy (non-hydrogen) atoms. The molecule has 2 nitrogen and oxygen atoms in total. The van der Waals surface area contributed by atoms with E-state index in [2.05, 4.69) is 10.9 Å². The van der Waals surface area contributed by atoms with E-state index < -0.39 is 0 Å². The number of ether oxygens (including phenoxy) is 1. The van der Waals surface area contributed by atoms with Crippen LogP contribution in [0.3, 0.4) is 0 Å². The Labute approximate surface area is 47.0 Å². The van der Waals surface area contributed by atoms with Gasteiger partial charge in [0.25, 0.3) is 0 Å². The van der Waals surface area contributed by atoms with Gasteiger partial charge in [-0.15, -0.1) is 0 Å². The third kappa shape index (κ3) is 1.17. The summed E-state index contributed by atoms with van der Waals surface area (Å²) in [5, 5.41) is 0. The van der Waals surface area contributed by atoms with Crippen LogP contribution in [-0.2, 0) is 4.74 Å². The summed E-state index contributed by atoms with van der Waals surface area (Å²) in [5.41, 5.74) is 0.111. The topological polar surface area (TPSA) is 21.6 Å². The molecule has 1 rings (SSSR count). The summed E-state index contributed by atoms with van der Waals surface area (Å²) in [6, 6.07) is 0. The molecule has 3 heteroatoms. The van der Waals surface area contributed by atoms with Crippen molar-refractivity contribution in [3.8, 4) is 0 Å². The van der Waals surface area contributed by atoms with Gasteiger partial charge in [-0.2, -0.15) is 0 Å². The lowest BCUT2D eigenvalue weighted by molar-refractivity contribution is 0.225. The highest BCUT2D eigenvalue weighted by molar-refractivity contribution is 8.02. The summed E-state index contributed by atoms with van der Waals surface area (Å²) in [6.45, 7) is 0. The van der Waals surface area contributed by atoms with Gasteiger partial charge in [0.1, 0.15) is 5.44 Å². The van der Waals surface area contributed by atoms with E-state index in [1.807, 2.05) is 0 Å². The van der Waals surface area contributed by atoms with E-state index in [4.69, 9.17) is 4.74 Å². The minimum Gasteiger partial charge on any atom is -0.365 e. The van der Waals surface area contributed by atoms with E-state index in [0.717, 1.165) is 0 Å². The van der Waals surface area contributed by atoms with Crippen molar-refractivity contribution in [3.63, 3.8) is 0 Å². The molecule has 0 bridgehead atoms. The van der Waals surface area contributed by atoms with Gasteiger partial charge in [-0.05, 0) is 0 Å². The second-order valence-electron chi connectivity index (χ2n) is 1.09. The zero-order valence-corrected chi connectivity index (χ0v) is 4.73. The third-order valence-corrected chi connectivity index (χ3v) is 1.41. The average Bonchev–Trinajstić information content (AvgIpc) is 2.14. The van der Waals surface area contributed by atoms with Gasteiger partial charge in [-0.25, -0.2) is 0 Å². The lowest BCUT2D eigenvalue weighted by Gasteiger charge is -1.97. The lowest BCUT2D eigenvalue weighted by atomic mass is 10.8. The summed E-state index contributed by atoms with van der Waals surface area (Å²) in [5.74, 6) is 2.68. The van der Waals surface area contributed by atoms with Crippen molar-refractivity contribution in [2.75, 3.05) is 7.11 Å². The second-order valence-corrected chi connectivity index (χ2v) is 1.97. The van der Waals surface area contributed by atoms with Crippen molar-refractivity contribution in [1.82, 2.24) is 0 Å². The van der Waals surface area contributed by atoms with Crippen molar-refractivity contribution in [2.24, 2.45) is 4.99 Å². The van der Waals surface area contributed by atoms with E-state index in [-0.39, 0.29) is 5.44 Å². The minimum absolute atomic E-state index is 0.111. The molecule has 1 atom stereocenters. The zero-order valence-electron chi connectivity index (χ0n) is 3.92. The fourth-order valence-electron chi connectivity index (χ4n) is 0.313. The van der Waals surface area contributed by atoms with Crippen LogP contribution in [0.4, 0.5) is 0 Å². The first-order chi connectivity index (χ1) is 3.43. The van der Waals surface area contributed by atoms with Crippen LogP contribution < -0.4 is 0 Å². The predicted molar refractivity (Wildman–Crippen MR) is 30.1 cm³/mol. The summed E-state index contributed by atoms with van der Waals surface area (Å²) >= 11 is 1.45. The fourth-order valence-corrected chi connectivity index (χ4v) is 0.757. The Morgan fingerprint density at radius 1 is 2.00 bits per heavy atom. The maximum Gasteiger partial charge on any atom is 0.184 e. The lowest BCUT2D eigenvalue weighted by Crippen LogP contribution is -2.00. The van der Waals surface area contributed by atoms with Crippen LogP contribution in [0.1, 0.15) is 0 Å². The molecule has 1 aliphatic rings. The van der Waals surface area contributed by atoms with Crippen molar-refractivity contribution >= 4 is 18.0 Å². The number of nitrogens with zero attached hydrogens (tertiary/aromatic N) is 1. The molecule has 0 amide bonds. The number of methoxy groups -OCH3 is 1. The molecule has 0 N–H and O–H groups in total. The number of aliphatic imine (C=N–C) groups is 1. The Balaban J connectivity index is 2.28. The van der Waals surface area contributed by atoms with E-state index in [9.17, 15) is 0 Å². The summed E-state index contributed by atoms with van der Waals surface area (Å²) in [4.78, 5) is 3.70. The van der Waals surface area contributed by atoms with Crippen LogP contribution in [0.2, 0.25) is 0 Å². The van der Waals surface area contributed by atoms with Crippen LogP contribution >= 0.6 is 11.8 Å². The van der Waals surface area contributed by atoms with Crippen LogP contribution in [0, 0.1) is 5.88 Å². The van der Waals surface area contributed by atoms with Gasteiger partial charge in [-0.1, -0.05) is 11.8 Å². The Morgan fingerprint density at radius 2 is 2.86 bits per heavy atom. The smallest absolute Gasteiger partial charge is 0.184 e. The van der Waals surface area contributed by atoms with Gasteiger partial charge in [0.05, 0.1) is 0 Å². The monoisotopic (exact) mass is 115 g/mol. The molecular formula is C4H5NOS. The van der Waals surface area contributed by atoms with E-state index in [1.54, 1.807) is 13.3 Å². The van der Waals surface area contributed by atoms with Crippen LogP contribution in [-0.4, -0.2) is 18.8 Å². The van der Waals surface area contributed by atoms with E-state index in [1.165, 1.54) is 11.8 Å². The normalized spacial score (nSPS) is 29.0. The number of hydrogen-bond donors (Lipinski definition) is 0. The van der Waals surface area contributed by atoms with Gasteiger partial charge >= 0.3 is 0 Å². The van der Waals surface area contributed by atoms with Gasteiger partial charge in [-0.3, -0.25) is 4.99 Å². The Hall–Kier alpha value is -0.0200. The van der Waals surface area contributed by atoms with E-state index >= 15 is 0 Å². The summed E-state index contributed by atoms with van der Waals surface area (Å²) < 4.78 is 4.86. The van der Waals surface area contributed by atoms with Crippen LogP contribution in [0.15, 0.2) is 4.99 Å². The van der Waals surface area contributed by atoms with Gasteiger partial charge in [0.15, 0.2) is 5.88 Å². The van der Waals surface area contributed by atoms with Crippen molar-refractivity contribution in [1.29, 1.82) is 0 Å². The molecular weight excluding hydrogens is 110 g/mol. The average molecular weight is 115 g/mol. The quantitative estimate of drug-likeness (QED) is 0.503. The fraction of sp³-hybridized carbons (Fsp3) is 0.500. The molecule has 2 radical (unpaired) electrons.